The molecule has 0 heterocycles. The minimum atomic E-state index is -0.292. The van der Waals surface area contributed by atoms with Crippen molar-refractivity contribution in [1.82, 2.24) is 0 Å². The largest absolute Gasteiger partial charge is 0.459 e. The molecule has 1 saturated carbocycles. The van der Waals surface area contributed by atoms with Crippen LogP contribution in [-0.4, -0.2) is 11.6 Å². The fourth-order valence-electron chi connectivity index (χ4n) is 2.58. The molecule has 0 radical (unpaired) electrons. The summed E-state index contributed by atoms with van der Waals surface area (Å²) in [5.41, 5.74) is -0.444. The third-order valence-corrected chi connectivity index (χ3v) is 4.77. The lowest BCUT2D eigenvalue weighted by Crippen LogP contribution is -2.41. The molecule has 0 aromatic rings. The predicted octanol–water partition coefficient (Wildman–Crippen LogP) is 4.47. The van der Waals surface area contributed by atoms with Crippen molar-refractivity contribution in [3.8, 4) is 0 Å². The average molecular weight is 240 g/mol. The molecular formula is C15H28O2. The number of ether oxygens (including phenoxy) is 1. The van der Waals surface area contributed by atoms with E-state index in [1.165, 1.54) is 19.3 Å². The van der Waals surface area contributed by atoms with Gasteiger partial charge in [-0.2, -0.15) is 0 Å². The Morgan fingerprint density at radius 1 is 1.12 bits per heavy atom. The van der Waals surface area contributed by atoms with Gasteiger partial charge in [0.05, 0.1) is 5.41 Å². The monoisotopic (exact) mass is 240 g/mol. The summed E-state index contributed by atoms with van der Waals surface area (Å²) in [7, 11) is 0. The number of carbonyl (C=O) groups excluding carboxylic acids is 1. The maximum absolute atomic E-state index is 12.3. The average Bonchev–Trinajstić information content (AvgIpc) is 2.38. The summed E-state index contributed by atoms with van der Waals surface area (Å²) in [6.07, 6.45) is 8.49. The summed E-state index contributed by atoms with van der Waals surface area (Å²) in [6, 6.07) is 0. The Morgan fingerprint density at radius 3 is 2.06 bits per heavy atom. The van der Waals surface area contributed by atoms with Crippen LogP contribution in [0, 0.1) is 5.41 Å². The second kappa shape index (κ2) is 5.88. The second-order valence-electron chi connectivity index (χ2n) is 5.75. The first kappa shape index (κ1) is 14.5. The molecule has 0 unspecified atom stereocenters. The molecule has 0 atom stereocenters. The molecule has 0 bridgehead atoms. The van der Waals surface area contributed by atoms with Crippen molar-refractivity contribution >= 4 is 5.97 Å². The molecule has 0 saturated heterocycles. The van der Waals surface area contributed by atoms with Gasteiger partial charge in [0, 0.05) is 0 Å². The van der Waals surface area contributed by atoms with Gasteiger partial charge in [-0.05, 0) is 51.9 Å². The SMILES string of the molecule is CCC1(OC(=O)C(C)(CC)CC)CCCCC1. The second-order valence-corrected chi connectivity index (χ2v) is 5.75. The predicted molar refractivity (Wildman–Crippen MR) is 70.9 cm³/mol. The van der Waals surface area contributed by atoms with E-state index in [9.17, 15) is 4.79 Å². The number of hydrogen-bond donors (Lipinski definition) is 0. The Morgan fingerprint density at radius 2 is 1.65 bits per heavy atom. The molecule has 0 aromatic carbocycles. The maximum atomic E-state index is 12.3. The van der Waals surface area contributed by atoms with Crippen molar-refractivity contribution in [2.24, 2.45) is 5.41 Å². The van der Waals surface area contributed by atoms with E-state index in [1.54, 1.807) is 0 Å². The topological polar surface area (TPSA) is 26.3 Å². The maximum Gasteiger partial charge on any atom is 0.312 e. The van der Waals surface area contributed by atoms with Gasteiger partial charge in [-0.3, -0.25) is 4.79 Å². The number of rotatable bonds is 5. The van der Waals surface area contributed by atoms with E-state index < -0.39 is 0 Å². The zero-order chi connectivity index (χ0) is 12.9. The summed E-state index contributed by atoms with van der Waals surface area (Å²) >= 11 is 0. The van der Waals surface area contributed by atoms with Crippen molar-refractivity contribution in [3.05, 3.63) is 0 Å². The lowest BCUT2D eigenvalue weighted by Gasteiger charge is -2.39. The normalized spacial score (nSPS) is 20.0. The molecule has 1 aliphatic rings. The molecule has 1 rings (SSSR count). The fraction of sp³-hybridized carbons (Fsp3) is 0.933. The highest BCUT2D eigenvalue weighted by Gasteiger charge is 2.39. The van der Waals surface area contributed by atoms with Crippen LogP contribution in [0.15, 0.2) is 0 Å². The summed E-state index contributed by atoms with van der Waals surface area (Å²) in [5, 5.41) is 0. The first-order valence-electron chi connectivity index (χ1n) is 7.25. The zero-order valence-corrected chi connectivity index (χ0v) is 12.0. The van der Waals surface area contributed by atoms with Crippen LogP contribution in [-0.2, 0) is 9.53 Å². The van der Waals surface area contributed by atoms with Gasteiger partial charge in [0.2, 0.25) is 0 Å². The highest BCUT2D eigenvalue weighted by atomic mass is 16.6. The summed E-state index contributed by atoms with van der Waals surface area (Å²) < 4.78 is 5.94. The number of hydrogen-bond acceptors (Lipinski definition) is 2. The first-order chi connectivity index (χ1) is 8.02. The Kier molecular flexibility index (Phi) is 5.03. The standard InChI is InChI=1S/C15H28O2/c1-5-14(4,6-2)13(16)17-15(7-3)11-9-8-10-12-15/h5-12H2,1-4H3. The van der Waals surface area contributed by atoms with Crippen molar-refractivity contribution < 1.29 is 9.53 Å². The van der Waals surface area contributed by atoms with Crippen LogP contribution in [0.4, 0.5) is 0 Å². The van der Waals surface area contributed by atoms with Gasteiger partial charge in [0.1, 0.15) is 5.60 Å². The molecule has 2 heteroatoms. The Hall–Kier alpha value is -0.530. The van der Waals surface area contributed by atoms with Crippen LogP contribution in [0.2, 0.25) is 0 Å². The summed E-state index contributed by atoms with van der Waals surface area (Å²) in [5.74, 6) is 0.0197. The highest BCUT2D eigenvalue weighted by Crippen LogP contribution is 2.37. The van der Waals surface area contributed by atoms with E-state index in [0.29, 0.717) is 0 Å². The fourth-order valence-corrected chi connectivity index (χ4v) is 2.58. The molecule has 0 aromatic heterocycles. The van der Waals surface area contributed by atoms with E-state index >= 15 is 0 Å². The van der Waals surface area contributed by atoms with Crippen LogP contribution in [0.3, 0.4) is 0 Å². The molecule has 2 nitrogen and oxygen atoms in total. The van der Waals surface area contributed by atoms with Gasteiger partial charge in [0.25, 0.3) is 0 Å². The molecular weight excluding hydrogens is 212 g/mol. The minimum Gasteiger partial charge on any atom is -0.459 e. The van der Waals surface area contributed by atoms with E-state index in [2.05, 4.69) is 20.8 Å². The molecule has 1 aliphatic carbocycles. The van der Waals surface area contributed by atoms with Gasteiger partial charge in [-0.15, -0.1) is 0 Å². The van der Waals surface area contributed by atoms with Gasteiger partial charge in [-0.25, -0.2) is 0 Å². The molecule has 100 valence electrons. The lowest BCUT2D eigenvalue weighted by atomic mass is 9.81. The van der Waals surface area contributed by atoms with E-state index in [4.69, 9.17) is 4.74 Å². The van der Waals surface area contributed by atoms with Crippen LogP contribution in [0.25, 0.3) is 0 Å². The van der Waals surface area contributed by atoms with Gasteiger partial charge >= 0.3 is 5.97 Å². The Balaban J connectivity index is 2.70. The van der Waals surface area contributed by atoms with Crippen molar-refractivity contribution in [3.63, 3.8) is 0 Å². The molecule has 0 amide bonds. The smallest absolute Gasteiger partial charge is 0.312 e. The highest BCUT2D eigenvalue weighted by molar-refractivity contribution is 5.76. The van der Waals surface area contributed by atoms with Crippen LogP contribution >= 0.6 is 0 Å². The van der Waals surface area contributed by atoms with Crippen molar-refractivity contribution in [2.45, 2.75) is 84.7 Å². The Bertz CT molecular complexity index is 248. The van der Waals surface area contributed by atoms with Crippen LogP contribution in [0.1, 0.15) is 79.1 Å². The molecule has 0 N–H and O–H groups in total. The van der Waals surface area contributed by atoms with Gasteiger partial charge < -0.3 is 4.74 Å². The quantitative estimate of drug-likeness (QED) is 0.663. The molecule has 1 fully saturated rings. The third-order valence-electron chi connectivity index (χ3n) is 4.77. The van der Waals surface area contributed by atoms with E-state index in [-0.39, 0.29) is 17.0 Å². The summed E-state index contributed by atoms with van der Waals surface area (Å²) in [4.78, 5) is 12.3. The lowest BCUT2D eigenvalue weighted by molar-refractivity contribution is -0.176. The minimum absolute atomic E-state index is 0.0197. The molecule has 0 spiro atoms. The zero-order valence-electron chi connectivity index (χ0n) is 12.0. The van der Waals surface area contributed by atoms with Crippen LogP contribution < -0.4 is 0 Å². The molecule has 17 heavy (non-hydrogen) atoms. The molecule has 0 aliphatic heterocycles. The van der Waals surface area contributed by atoms with Crippen LogP contribution in [0.5, 0.6) is 0 Å². The number of esters is 1. The summed E-state index contributed by atoms with van der Waals surface area (Å²) in [6.45, 7) is 8.32. The van der Waals surface area contributed by atoms with Crippen molar-refractivity contribution in [1.29, 1.82) is 0 Å². The van der Waals surface area contributed by atoms with Gasteiger partial charge in [-0.1, -0.05) is 27.2 Å². The van der Waals surface area contributed by atoms with E-state index in [1.807, 2.05) is 6.92 Å². The first-order valence-corrected chi connectivity index (χ1v) is 7.25. The third kappa shape index (κ3) is 3.23. The number of carbonyl (C=O) groups is 1. The Labute approximate surface area is 106 Å². The van der Waals surface area contributed by atoms with Gasteiger partial charge in [0.15, 0.2) is 0 Å². The van der Waals surface area contributed by atoms with Crippen molar-refractivity contribution in [2.75, 3.05) is 0 Å². The van der Waals surface area contributed by atoms with E-state index in [0.717, 1.165) is 32.1 Å².